The summed E-state index contributed by atoms with van der Waals surface area (Å²) in [5, 5.41) is 5.11. The van der Waals surface area contributed by atoms with E-state index in [1.807, 2.05) is 12.1 Å². The van der Waals surface area contributed by atoms with Crippen LogP contribution in [0.5, 0.6) is 5.75 Å². The average Bonchev–Trinajstić information content (AvgIpc) is 3.04. The van der Waals surface area contributed by atoms with Crippen LogP contribution in [0.3, 0.4) is 0 Å². The molecular formula is C16H19N3O3S. The summed E-state index contributed by atoms with van der Waals surface area (Å²) in [5.41, 5.74) is 1.20. The van der Waals surface area contributed by atoms with E-state index in [1.54, 1.807) is 13.2 Å². The van der Waals surface area contributed by atoms with Crippen LogP contribution in [0.15, 0.2) is 47.5 Å². The Hall–Kier alpha value is -2.12. The number of sulfonamides is 1. The fourth-order valence-electron chi connectivity index (χ4n) is 2.92. The highest BCUT2D eigenvalue weighted by molar-refractivity contribution is 7.89. The van der Waals surface area contributed by atoms with E-state index in [0.717, 1.165) is 31.0 Å². The van der Waals surface area contributed by atoms with Gasteiger partial charge >= 0.3 is 0 Å². The van der Waals surface area contributed by atoms with E-state index >= 15 is 0 Å². The number of ether oxygens (including phenoxy) is 1. The number of anilines is 1. The summed E-state index contributed by atoms with van der Waals surface area (Å²) in [6.07, 6.45) is 3.41. The molecule has 1 unspecified atom stereocenters. The molecule has 1 aromatic carbocycles. The number of primary sulfonamides is 1. The van der Waals surface area contributed by atoms with Gasteiger partial charge in [-0.1, -0.05) is 12.1 Å². The van der Waals surface area contributed by atoms with Crippen molar-refractivity contribution in [2.45, 2.75) is 23.8 Å². The Balaban J connectivity index is 1.86. The Morgan fingerprint density at radius 1 is 1.22 bits per heavy atom. The average molecular weight is 333 g/mol. The van der Waals surface area contributed by atoms with Crippen molar-refractivity contribution in [2.24, 2.45) is 5.14 Å². The second-order valence-electron chi connectivity index (χ2n) is 5.52. The van der Waals surface area contributed by atoms with Crippen LogP contribution in [0.2, 0.25) is 0 Å². The fourth-order valence-corrected chi connectivity index (χ4v) is 3.38. The van der Waals surface area contributed by atoms with Crippen LogP contribution < -0.4 is 14.8 Å². The SMILES string of the molecule is COc1ccc(C2CCCN2c2ccc(S(N)(=O)=O)cn2)cc1. The van der Waals surface area contributed by atoms with Crippen molar-refractivity contribution in [3.63, 3.8) is 0 Å². The van der Waals surface area contributed by atoms with E-state index in [0.29, 0.717) is 0 Å². The van der Waals surface area contributed by atoms with Gasteiger partial charge in [-0.15, -0.1) is 0 Å². The Morgan fingerprint density at radius 2 is 1.96 bits per heavy atom. The molecule has 6 nitrogen and oxygen atoms in total. The van der Waals surface area contributed by atoms with Crippen LogP contribution in [-0.2, 0) is 10.0 Å². The molecule has 0 bridgehead atoms. The molecule has 2 aromatic rings. The first-order chi connectivity index (χ1) is 11.0. The van der Waals surface area contributed by atoms with Crippen molar-refractivity contribution < 1.29 is 13.2 Å². The third-order valence-corrected chi connectivity index (χ3v) is 5.00. The molecular weight excluding hydrogens is 314 g/mol. The summed E-state index contributed by atoms with van der Waals surface area (Å²) in [5.74, 6) is 1.59. The highest BCUT2D eigenvalue weighted by atomic mass is 32.2. The van der Waals surface area contributed by atoms with Crippen LogP contribution in [-0.4, -0.2) is 27.1 Å². The predicted molar refractivity (Wildman–Crippen MR) is 87.9 cm³/mol. The van der Waals surface area contributed by atoms with Gasteiger partial charge in [0, 0.05) is 12.7 Å². The van der Waals surface area contributed by atoms with E-state index in [-0.39, 0.29) is 10.9 Å². The molecule has 1 aliphatic rings. The molecule has 0 radical (unpaired) electrons. The first-order valence-corrected chi connectivity index (χ1v) is 8.93. The zero-order chi connectivity index (χ0) is 16.4. The first-order valence-electron chi connectivity index (χ1n) is 7.38. The van der Waals surface area contributed by atoms with Gasteiger partial charge in [-0.25, -0.2) is 18.5 Å². The molecule has 3 rings (SSSR count). The number of pyridine rings is 1. The van der Waals surface area contributed by atoms with Crippen LogP contribution in [0.25, 0.3) is 0 Å². The predicted octanol–water partition coefficient (Wildman–Crippen LogP) is 2.08. The van der Waals surface area contributed by atoms with Crippen LogP contribution >= 0.6 is 0 Å². The Labute approximate surface area is 136 Å². The first kappa shape index (κ1) is 15.8. The van der Waals surface area contributed by atoms with E-state index in [4.69, 9.17) is 9.88 Å². The smallest absolute Gasteiger partial charge is 0.239 e. The van der Waals surface area contributed by atoms with Crippen molar-refractivity contribution in [3.8, 4) is 5.75 Å². The Kier molecular flexibility index (Phi) is 4.23. The lowest BCUT2D eigenvalue weighted by atomic mass is 10.0. The van der Waals surface area contributed by atoms with Crippen LogP contribution in [0.4, 0.5) is 5.82 Å². The highest BCUT2D eigenvalue weighted by Gasteiger charge is 2.27. The molecule has 1 saturated heterocycles. The molecule has 0 aliphatic carbocycles. The van der Waals surface area contributed by atoms with Gasteiger partial charge in [-0.2, -0.15) is 0 Å². The van der Waals surface area contributed by atoms with Crippen molar-refractivity contribution >= 4 is 15.8 Å². The minimum atomic E-state index is -3.71. The van der Waals surface area contributed by atoms with Gasteiger partial charge in [0.1, 0.15) is 16.5 Å². The van der Waals surface area contributed by atoms with E-state index in [9.17, 15) is 8.42 Å². The maximum atomic E-state index is 11.3. The third-order valence-electron chi connectivity index (χ3n) is 4.10. The van der Waals surface area contributed by atoms with Crippen molar-refractivity contribution in [2.75, 3.05) is 18.6 Å². The van der Waals surface area contributed by atoms with E-state index < -0.39 is 10.0 Å². The summed E-state index contributed by atoms with van der Waals surface area (Å²) in [6.45, 7) is 0.887. The second kappa shape index (κ2) is 6.17. The summed E-state index contributed by atoms with van der Waals surface area (Å²) in [7, 11) is -2.06. The van der Waals surface area contributed by atoms with E-state index in [1.165, 1.54) is 17.8 Å². The molecule has 1 atom stereocenters. The molecule has 0 spiro atoms. The maximum Gasteiger partial charge on any atom is 0.239 e. The lowest BCUT2D eigenvalue weighted by molar-refractivity contribution is 0.414. The van der Waals surface area contributed by atoms with Gasteiger partial charge in [-0.3, -0.25) is 0 Å². The molecule has 1 aliphatic heterocycles. The fraction of sp³-hybridized carbons (Fsp3) is 0.312. The number of hydrogen-bond acceptors (Lipinski definition) is 5. The van der Waals surface area contributed by atoms with Crippen LogP contribution in [0.1, 0.15) is 24.4 Å². The van der Waals surface area contributed by atoms with E-state index in [2.05, 4.69) is 22.0 Å². The summed E-state index contributed by atoms with van der Waals surface area (Å²) < 4.78 is 27.8. The molecule has 23 heavy (non-hydrogen) atoms. The van der Waals surface area contributed by atoms with Gasteiger partial charge in [-0.05, 0) is 42.7 Å². The number of rotatable bonds is 4. The molecule has 0 amide bonds. The van der Waals surface area contributed by atoms with Gasteiger partial charge in [0.15, 0.2) is 0 Å². The van der Waals surface area contributed by atoms with Gasteiger partial charge in [0.25, 0.3) is 0 Å². The number of nitrogens with two attached hydrogens (primary N) is 1. The molecule has 2 N–H and O–H groups in total. The zero-order valence-electron chi connectivity index (χ0n) is 12.8. The number of methoxy groups -OCH3 is 1. The largest absolute Gasteiger partial charge is 0.497 e. The zero-order valence-corrected chi connectivity index (χ0v) is 13.7. The van der Waals surface area contributed by atoms with Gasteiger partial charge < -0.3 is 9.64 Å². The van der Waals surface area contributed by atoms with Crippen molar-refractivity contribution in [1.82, 2.24) is 4.98 Å². The van der Waals surface area contributed by atoms with Crippen molar-refractivity contribution in [1.29, 1.82) is 0 Å². The van der Waals surface area contributed by atoms with Gasteiger partial charge in [0.2, 0.25) is 10.0 Å². The third kappa shape index (κ3) is 3.30. The Bertz CT molecular complexity index is 773. The number of benzene rings is 1. The van der Waals surface area contributed by atoms with Crippen molar-refractivity contribution in [3.05, 3.63) is 48.2 Å². The highest BCUT2D eigenvalue weighted by Crippen LogP contribution is 2.35. The maximum absolute atomic E-state index is 11.3. The standard InChI is InChI=1S/C16H19N3O3S/c1-22-13-6-4-12(5-7-13)15-3-2-10-19(15)16-9-8-14(11-18-16)23(17,20)21/h4-9,11,15H,2-3,10H2,1H3,(H2,17,20,21). The quantitative estimate of drug-likeness (QED) is 0.926. The number of nitrogens with zero attached hydrogens (tertiary/aromatic N) is 2. The summed E-state index contributed by atoms with van der Waals surface area (Å²) in [4.78, 5) is 6.50. The lowest BCUT2D eigenvalue weighted by Crippen LogP contribution is -2.23. The Morgan fingerprint density at radius 3 is 2.52 bits per heavy atom. The summed E-state index contributed by atoms with van der Waals surface area (Å²) >= 11 is 0. The molecule has 0 saturated carbocycles. The lowest BCUT2D eigenvalue weighted by Gasteiger charge is -2.26. The molecule has 1 fully saturated rings. The minimum absolute atomic E-state index is 0.0291. The summed E-state index contributed by atoms with van der Waals surface area (Å²) in [6, 6.07) is 11.4. The minimum Gasteiger partial charge on any atom is -0.497 e. The topological polar surface area (TPSA) is 85.5 Å². The number of hydrogen-bond donors (Lipinski definition) is 1. The second-order valence-corrected chi connectivity index (χ2v) is 7.08. The number of aromatic nitrogens is 1. The molecule has 1 aromatic heterocycles. The monoisotopic (exact) mass is 333 g/mol. The van der Waals surface area contributed by atoms with Gasteiger partial charge in [0.05, 0.1) is 13.2 Å². The van der Waals surface area contributed by atoms with Crippen LogP contribution in [0, 0.1) is 0 Å². The molecule has 2 heterocycles. The normalized spacial score (nSPS) is 18.2. The molecule has 7 heteroatoms. The molecule has 122 valence electrons.